The van der Waals surface area contributed by atoms with E-state index in [0.717, 1.165) is 11.8 Å². The van der Waals surface area contributed by atoms with Gasteiger partial charge in [0.2, 0.25) is 0 Å². The Bertz CT molecular complexity index is 386. The van der Waals surface area contributed by atoms with Crippen molar-refractivity contribution in [1.82, 2.24) is 4.98 Å². The van der Waals surface area contributed by atoms with Gasteiger partial charge in [0.05, 0.1) is 0 Å². The van der Waals surface area contributed by atoms with E-state index in [1.54, 1.807) is 12.1 Å². The standard InChI is InChI=1S/C8H9N.C7H6O/c1-2-4-6-8-9-7-5-3-1;8-6-7-4-2-1-3-5-7/h1-9H;1-6H. The van der Waals surface area contributed by atoms with E-state index in [9.17, 15) is 4.79 Å². The number of aromatic nitrogens is 1. The summed E-state index contributed by atoms with van der Waals surface area (Å²) in [7, 11) is 0. The van der Waals surface area contributed by atoms with E-state index in [0.29, 0.717) is 0 Å². The Morgan fingerprint density at radius 3 is 1.65 bits per heavy atom. The molecule has 0 aliphatic carbocycles. The van der Waals surface area contributed by atoms with E-state index in [-0.39, 0.29) is 0 Å². The minimum atomic E-state index is 0.729. The summed E-state index contributed by atoms with van der Waals surface area (Å²) in [5.74, 6) is 0. The molecule has 2 rings (SSSR count). The van der Waals surface area contributed by atoms with Crippen molar-refractivity contribution >= 4 is 6.29 Å². The maximum absolute atomic E-state index is 10.0. The molecule has 1 aromatic carbocycles. The van der Waals surface area contributed by atoms with Crippen LogP contribution in [0.1, 0.15) is 10.4 Å². The number of rotatable bonds is 1. The van der Waals surface area contributed by atoms with Crippen molar-refractivity contribution in [1.29, 1.82) is 0 Å². The van der Waals surface area contributed by atoms with Crippen LogP contribution in [0.2, 0.25) is 0 Å². The Kier molecular flexibility index (Phi) is 6.67. The number of aldehydes is 1. The first-order valence-corrected chi connectivity index (χ1v) is 5.35. The smallest absolute Gasteiger partial charge is 0.150 e. The van der Waals surface area contributed by atoms with Crippen molar-refractivity contribution < 1.29 is 4.79 Å². The highest BCUT2D eigenvalue weighted by molar-refractivity contribution is 5.74. The van der Waals surface area contributed by atoms with Gasteiger partial charge in [-0.1, -0.05) is 54.6 Å². The molecule has 0 saturated heterocycles. The molecule has 86 valence electrons. The Morgan fingerprint density at radius 2 is 1.18 bits per heavy atom. The van der Waals surface area contributed by atoms with Crippen LogP contribution in [0.5, 0.6) is 0 Å². The van der Waals surface area contributed by atoms with E-state index >= 15 is 0 Å². The third-order valence-corrected chi connectivity index (χ3v) is 1.88. The molecule has 0 spiro atoms. The van der Waals surface area contributed by atoms with Crippen LogP contribution < -0.4 is 0 Å². The molecule has 0 unspecified atom stereocenters. The highest BCUT2D eigenvalue weighted by atomic mass is 16.1. The molecule has 0 amide bonds. The summed E-state index contributed by atoms with van der Waals surface area (Å²) in [5.41, 5.74) is 0.729. The van der Waals surface area contributed by atoms with Gasteiger partial charge in [-0.05, 0) is 12.1 Å². The average Bonchev–Trinajstić information content (AvgIpc) is 2.56. The highest BCUT2D eigenvalue weighted by Gasteiger charge is 1.80. The molecule has 1 heterocycles. The zero-order chi connectivity index (χ0) is 12.2. The Hall–Kier alpha value is -2.35. The van der Waals surface area contributed by atoms with E-state index < -0.39 is 0 Å². The van der Waals surface area contributed by atoms with Gasteiger partial charge >= 0.3 is 0 Å². The fourth-order valence-electron chi connectivity index (χ4n) is 1.07. The molecule has 17 heavy (non-hydrogen) atoms. The van der Waals surface area contributed by atoms with Crippen LogP contribution in [0, 0.1) is 0 Å². The lowest BCUT2D eigenvalue weighted by molar-refractivity contribution is 0.112. The van der Waals surface area contributed by atoms with Crippen molar-refractivity contribution in [3.63, 3.8) is 0 Å². The molecule has 0 bridgehead atoms. The fraction of sp³-hybridized carbons (Fsp3) is 0. The second-order valence-electron chi connectivity index (χ2n) is 3.18. The topological polar surface area (TPSA) is 32.9 Å². The number of H-pyrrole nitrogens is 1. The van der Waals surface area contributed by atoms with Gasteiger partial charge in [-0.3, -0.25) is 4.79 Å². The Labute approximate surface area is 101 Å². The van der Waals surface area contributed by atoms with Gasteiger partial charge in [0.25, 0.3) is 0 Å². The lowest BCUT2D eigenvalue weighted by Gasteiger charge is -1.81. The summed E-state index contributed by atoms with van der Waals surface area (Å²) in [5, 5.41) is 0. The molecule has 0 radical (unpaired) electrons. The summed E-state index contributed by atoms with van der Waals surface area (Å²) in [6.45, 7) is 0. The van der Waals surface area contributed by atoms with Gasteiger partial charge in [-0.2, -0.15) is 0 Å². The van der Waals surface area contributed by atoms with Gasteiger partial charge in [0.15, 0.2) is 0 Å². The molecule has 0 fully saturated rings. The monoisotopic (exact) mass is 225 g/mol. The van der Waals surface area contributed by atoms with Gasteiger partial charge in [-0.25, -0.2) is 0 Å². The summed E-state index contributed by atoms with van der Waals surface area (Å²) >= 11 is 0. The van der Waals surface area contributed by atoms with Gasteiger partial charge < -0.3 is 4.98 Å². The SMILES string of the molecule is O=Cc1ccccc1.c1cccc[nH]ccc1. The van der Waals surface area contributed by atoms with Gasteiger partial charge in [0.1, 0.15) is 6.29 Å². The number of carbonyl (C=O) groups excluding carboxylic acids is 1. The van der Waals surface area contributed by atoms with Crippen LogP contribution in [0.25, 0.3) is 0 Å². The van der Waals surface area contributed by atoms with Gasteiger partial charge in [0, 0.05) is 18.0 Å². The number of hydrogen-bond acceptors (Lipinski definition) is 1. The van der Waals surface area contributed by atoms with Crippen molar-refractivity contribution in [2.45, 2.75) is 0 Å². The molecule has 1 aromatic heterocycles. The third kappa shape index (κ3) is 6.68. The van der Waals surface area contributed by atoms with Crippen LogP contribution in [-0.2, 0) is 0 Å². The van der Waals surface area contributed by atoms with Crippen LogP contribution >= 0.6 is 0 Å². The molecule has 0 aliphatic rings. The maximum atomic E-state index is 10.0. The summed E-state index contributed by atoms with van der Waals surface area (Å²) in [6, 6.07) is 20.9. The first-order valence-electron chi connectivity index (χ1n) is 5.35. The van der Waals surface area contributed by atoms with Crippen LogP contribution in [-0.4, -0.2) is 11.3 Å². The molecule has 0 aliphatic heterocycles. The van der Waals surface area contributed by atoms with E-state index in [1.165, 1.54) is 0 Å². The zero-order valence-corrected chi connectivity index (χ0v) is 9.49. The van der Waals surface area contributed by atoms with E-state index in [1.807, 2.05) is 67.0 Å². The number of hydrogen-bond donors (Lipinski definition) is 1. The maximum Gasteiger partial charge on any atom is 0.150 e. The van der Waals surface area contributed by atoms with Crippen molar-refractivity contribution in [2.75, 3.05) is 0 Å². The Morgan fingerprint density at radius 1 is 0.706 bits per heavy atom. The fourth-order valence-corrected chi connectivity index (χ4v) is 1.07. The molecule has 1 N–H and O–H groups in total. The zero-order valence-electron chi connectivity index (χ0n) is 9.49. The first kappa shape index (κ1) is 12.7. The normalized spacial score (nSPS) is 8.24. The molecule has 2 nitrogen and oxygen atoms in total. The second-order valence-corrected chi connectivity index (χ2v) is 3.18. The molecule has 0 saturated carbocycles. The number of benzene rings is 1. The van der Waals surface area contributed by atoms with Crippen molar-refractivity contribution in [3.05, 3.63) is 84.7 Å². The van der Waals surface area contributed by atoms with Crippen LogP contribution in [0.4, 0.5) is 0 Å². The second kappa shape index (κ2) is 8.92. The minimum absolute atomic E-state index is 0.729. The van der Waals surface area contributed by atoms with Crippen LogP contribution in [0.15, 0.2) is 79.1 Å². The highest BCUT2D eigenvalue weighted by Crippen LogP contribution is 1.91. The van der Waals surface area contributed by atoms with E-state index in [2.05, 4.69) is 4.98 Å². The molecule has 2 aromatic rings. The predicted octanol–water partition coefficient (Wildman–Crippen LogP) is 3.64. The van der Waals surface area contributed by atoms with Crippen LogP contribution in [0.3, 0.4) is 0 Å². The van der Waals surface area contributed by atoms with Gasteiger partial charge in [-0.15, -0.1) is 0 Å². The summed E-state index contributed by atoms with van der Waals surface area (Å²) in [4.78, 5) is 13.0. The Balaban J connectivity index is 0.000000171. The minimum Gasteiger partial charge on any atom is -0.368 e. The lowest BCUT2D eigenvalue weighted by atomic mass is 10.2. The lowest BCUT2D eigenvalue weighted by Crippen LogP contribution is -1.73. The quantitative estimate of drug-likeness (QED) is 0.738. The largest absolute Gasteiger partial charge is 0.368 e. The summed E-state index contributed by atoms with van der Waals surface area (Å²) in [6.07, 6.45) is 4.58. The van der Waals surface area contributed by atoms with Crippen molar-refractivity contribution in [3.8, 4) is 0 Å². The number of carbonyl (C=O) groups is 1. The summed E-state index contributed by atoms with van der Waals surface area (Å²) < 4.78 is 0. The molecular formula is C15H15NO. The molecule has 0 atom stereocenters. The third-order valence-electron chi connectivity index (χ3n) is 1.88. The van der Waals surface area contributed by atoms with Crippen molar-refractivity contribution in [2.24, 2.45) is 0 Å². The number of nitrogens with one attached hydrogen (secondary N) is 1. The average molecular weight is 225 g/mol. The van der Waals surface area contributed by atoms with E-state index in [4.69, 9.17) is 0 Å². The molecule has 2 heteroatoms. The molecular weight excluding hydrogens is 210 g/mol. The predicted molar refractivity (Wildman–Crippen MR) is 70.3 cm³/mol. The first-order chi connectivity index (χ1) is 8.43. The number of aromatic amines is 1.